The zero-order valence-electron chi connectivity index (χ0n) is 16.1. The molecule has 2 aromatic carbocycles. The summed E-state index contributed by atoms with van der Waals surface area (Å²) in [6, 6.07) is 14.2. The summed E-state index contributed by atoms with van der Waals surface area (Å²) < 4.78 is 17.3. The van der Waals surface area contributed by atoms with Crippen LogP contribution in [0.1, 0.15) is 18.2 Å². The second kappa shape index (κ2) is 6.80. The topological polar surface area (TPSA) is 107 Å². The lowest BCUT2D eigenvalue weighted by Gasteiger charge is -2.05. The van der Waals surface area contributed by atoms with Crippen LogP contribution in [-0.4, -0.2) is 29.3 Å². The van der Waals surface area contributed by atoms with E-state index >= 15 is 0 Å². The Labute approximate surface area is 169 Å². The van der Waals surface area contributed by atoms with E-state index in [0.29, 0.717) is 35.4 Å². The maximum Gasteiger partial charge on any atom is 0.327 e. The van der Waals surface area contributed by atoms with Crippen molar-refractivity contribution in [3.8, 4) is 5.95 Å². The highest BCUT2D eigenvalue weighted by atomic mass is 19.1. The molecule has 8 nitrogen and oxygen atoms in total. The Morgan fingerprint density at radius 3 is 2.67 bits per heavy atom. The molecule has 0 amide bonds. The minimum absolute atomic E-state index is 0.186. The number of aryl methyl sites for hydroxylation is 1. The van der Waals surface area contributed by atoms with Crippen molar-refractivity contribution in [2.75, 3.05) is 5.73 Å². The van der Waals surface area contributed by atoms with Gasteiger partial charge < -0.3 is 5.73 Å². The second-order valence-corrected chi connectivity index (χ2v) is 6.92. The minimum Gasteiger partial charge on any atom is -0.382 e. The molecular formula is C21H18FN7O. The number of rotatable bonds is 4. The first kappa shape index (κ1) is 18.0. The Hall–Kier alpha value is -4.01. The number of para-hydroxylation sites is 1. The van der Waals surface area contributed by atoms with E-state index in [2.05, 4.69) is 20.1 Å². The number of nitrogens with zero attached hydrogens (tertiary/aromatic N) is 5. The molecule has 0 aliphatic heterocycles. The number of nitrogens with two attached hydrogens (primary N) is 1. The molecule has 9 heteroatoms. The minimum atomic E-state index is -0.295. The van der Waals surface area contributed by atoms with E-state index in [4.69, 9.17) is 5.73 Å². The number of aromatic amines is 1. The average Bonchev–Trinajstić information content (AvgIpc) is 3.27. The van der Waals surface area contributed by atoms with E-state index in [-0.39, 0.29) is 23.3 Å². The number of aromatic nitrogens is 6. The predicted molar refractivity (Wildman–Crippen MR) is 112 cm³/mol. The molecule has 0 spiro atoms. The van der Waals surface area contributed by atoms with Crippen LogP contribution in [0.25, 0.3) is 28.0 Å². The third-order valence-corrected chi connectivity index (χ3v) is 5.12. The molecule has 150 valence electrons. The van der Waals surface area contributed by atoms with Crippen LogP contribution in [0.5, 0.6) is 0 Å². The molecule has 0 aliphatic rings. The first-order chi connectivity index (χ1) is 14.6. The van der Waals surface area contributed by atoms with Gasteiger partial charge in [-0.15, -0.1) is 0 Å². The van der Waals surface area contributed by atoms with Gasteiger partial charge >= 0.3 is 5.69 Å². The standard InChI is InChI=1S/C21H18FN7O/c1-2-28-17-18(23)24-20(25-19(17)26-21(28)30)29-16-10-6-4-8-13(16)15(27-29)11-12-7-3-5-9-14(12)22/h3-10H,2,11H2,1H3,(H3,23,24,25,26,30). The van der Waals surface area contributed by atoms with Gasteiger partial charge in [-0.2, -0.15) is 19.7 Å². The number of nitrogen functional groups attached to an aromatic ring is 1. The molecule has 0 bridgehead atoms. The number of hydrogen-bond acceptors (Lipinski definition) is 5. The number of hydrogen-bond donors (Lipinski definition) is 2. The summed E-state index contributed by atoms with van der Waals surface area (Å²) in [6.07, 6.45) is 0.320. The maximum atomic E-state index is 14.2. The van der Waals surface area contributed by atoms with Crippen LogP contribution in [-0.2, 0) is 13.0 Å². The predicted octanol–water partition coefficient (Wildman–Crippen LogP) is 2.79. The van der Waals surface area contributed by atoms with Crippen molar-refractivity contribution < 1.29 is 4.39 Å². The third-order valence-electron chi connectivity index (χ3n) is 5.12. The van der Waals surface area contributed by atoms with Crippen molar-refractivity contribution >= 4 is 27.9 Å². The van der Waals surface area contributed by atoms with Crippen LogP contribution < -0.4 is 11.4 Å². The average molecular weight is 403 g/mol. The molecule has 3 aromatic heterocycles. The summed E-state index contributed by atoms with van der Waals surface area (Å²) in [6.45, 7) is 2.29. The molecule has 0 atom stereocenters. The summed E-state index contributed by atoms with van der Waals surface area (Å²) in [5.74, 6) is 0.141. The van der Waals surface area contributed by atoms with E-state index in [1.807, 2.05) is 31.2 Å². The molecule has 5 rings (SSSR count). The monoisotopic (exact) mass is 403 g/mol. The van der Waals surface area contributed by atoms with Crippen molar-refractivity contribution in [2.45, 2.75) is 19.9 Å². The highest BCUT2D eigenvalue weighted by molar-refractivity contribution is 5.85. The molecule has 3 N–H and O–H groups in total. The van der Waals surface area contributed by atoms with Gasteiger partial charge in [0.05, 0.1) is 11.2 Å². The molecule has 0 saturated heterocycles. The van der Waals surface area contributed by atoms with Crippen LogP contribution in [0, 0.1) is 5.82 Å². The first-order valence-corrected chi connectivity index (χ1v) is 9.53. The van der Waals surface area contributed by atoms with E-state index in [0.717, 1.165) is 10.9 Å². The molecule has 5 aromatic rings. The summed E-state index contributed by atoms with van der Waals surface area (Å²) in [4.78, 5) is 23.7. The Bertz CT molecular complexity index is 1460. The van der Waals surface area contributed by atoms with Gasteiger partial charge in [-0.3, -0.25) is 9.55 Å². The zero-order valence-corrected chi connectivity index (χ0v) is 16.1. The van der Waals surface area contributed by atoms with Crippen LogP contribution in [0.15, 0.2) is 53.3 Å². The third kappa shape index (κ3) is 2.74. The van der Waals surface area contributed by atoms with E-state index in [9.17, 15) is 9.18 Å². The molecule has 0 fully saturated rings. The number of imidazole rings is 1. The van der Waals surface area contributed by atoms with Crippen LogP contribution in [0.2, 0.25) is 0 Å². The summed E-state index contributed by atoms with van der Waals surface area (Å²) in [7, 11) is 0. The van der Waals surface area contributed by atoms with Crippen molar-refractivity contribution in [1.82, 2.24) is 29.3 Å². The van der Waals surface area contributed by atoms with Crippen molar-refractivity contribution in [3.05, 3.63) is 76.1 Å². The highest BCUT2D eigenvalue weighted by Crippen LogP contribution is 2.25. The Morgan fingerprint density at radius 1 is 1.10 bits per heavy atom. The zero-order chi connectivity index (χ0) is 20.8. The largest absolute Gasteiger partial charge is 0.382 e. The maximum absolute atomic E-state index is 14.2. The number of anilines is 1. The molecule has 0 unspecified atom stereocenters. The van der Waals surface area contributed by atoms with Gasteiger partial charge in [-0.05, 0) is 24.6 Å². The number of benzene rings is 2. The normalized spacial score (nSPS) is 11.5. The Kier molecular flexibility index (Phi) is 4.09. The molecule has 0 aliphatic carbocycles. The van der Waals surface area contributed by atoms with Crippen LogP contribution >= 0.6 is 0 Å². The lowest BCUT2D eigenvalue weighted by atomic mass is 10.1. The Balaban J connectivity index is 1.70. The van der Waals surface area contributed by atoms with Crippen molar-refractivity contribution in [2.24, 2.45) is 0 Å². The molecule has 3 heterocycles. The molecule has 0 saturated carbocycles. The van der Waals surface area contributed by atoms with E-state index < -0.39 is 0 Å². The van der Waals surface area contributed by atoms with Gasteiger partial charge in [0.25, 0.3) is 5.95 Å². The van der Waals surface area contributed by atoms with Crippen LogP contribution in [0.4, 0.5) is 10.2 Å². The second-order valence-electron chi connectivity index (χ2n) is 6.92. The fourth-order valence-corrected chi connectivity index (χ4v) is 3.72. The van der Waals surface area contributed by atoms with Gasteiger partial charge in [-0.25, -0.2) is 9.18 Å². The SMILES string of the molecule is CCn1c(=O)[nH]c2nc(-n3nc(Cc4ccccc4F)c4ccccc43)nc(N)c21. The van der Waals surface area contributed by atoms with Gasteiger partial charge in [-0.1, -0.05) is 36.4 Å². The van der Waals surface area contributed by atoms with Crippen LogP contribution in [0.3, 0.4) is 0 Å². The first-order valence-electron chi connectivity index (χ1n) is 9.53. The molecular weight excluding hydrogens is 385 g/mol. The number of halogens is 1. The van der Waals surface area contributed by atoms with Gasteiger partial charge in [0.2, 0.25) is 0 Å². The highest BCUT2D eigenvalue weighted by Gasteiger charge is 2.18. The van der Waals surface area contributed by atoms with Crippen molar-refractivity contribution in [1.29, 1.82) is 0 Å². The van der Waals surface area contributed by atoms with Gasteiger partial charge in [0.15, 0.2) is 11.5 Å². The van der Waals surface area contributed by atoms with E-state index in [1.54, 1.807) is 22.9 Å². The fourth-order valence-electron chi connectivity index (χ4n) is 3.72. The lowest BCUT2D eigenvalue weighted by Crippen LogP contribution is -2.15. The lowest BCUT2D eigenvalue weighted by molar-refractivity contribution is 0.613. The number of nitrogens with one attached hydrogen (secondary N) is 1. The van der Waals surface area contributed by atoms with Gasteiger partial charge in [0, 0.05) is 18.4 Å². The summed E-state index contributed by atoms with van der Waals surface area (Å²) in [5.41, 5.74) is 8.68. The Morgan fingerprint density at radius 2 is 1.87 bits per heavy atom. The van der Waals surface area contributed by atoms with E-state index in [1.165, 1.54) is 10.6 Å². The smallest absolute Gasteiger partial charge is 0.327 e. The number of H-pyrrole nitrogens is 1. The summed E-state index contributed by atoms with van der Waals surface area (Å²) >= 11 is 0. The quantitative estimate of drug-likeness (QED) is 0.480. The molecule has 30 heavy (non-hydrogen) atoms. The fraction of sp³-hybridized carbons (Fsp3) is 0.143. The van der Waals surface area contributed by atoms with Crippen molar-refractivity contribution in [3.63, 3.8) is 0 Å². The van der Waals surface area contributed by atoms with Gasteiger partial charge in [0.1, 0.15) is 11.3 Å². The summed E-state index contributed by atoms with van der Waals surface area (Å²) in [5, 5.41) is 5.53. The number of fused-ring (bicyclic) bond motifs is 2. The molecule has 0 radical (unpaired) electrons.